The van der Waals surface area contributed by atoms with Gasteiger partial charge in [0.1, 0.15) is 0 Å². The largest absolute Gasteiger partial charge is 0.481 e. The van der Waals surface area contributed by atoms with Gasteiger partial charge in [-0.3, -0.25) is 4.98 Å². The number of nitrogens with zero attached hydrogens (tertiary/aromatic N) is 3. The highest BCUT2D eigenvalue weighted by molar-refractivity contribution is 5.94. The third-order valence-electron chi connectivity index (χ3n) is 3.70. The zero-order chi connectivity index (χ0) is 16.4. The SMILES string of the molecule is COc1cc(-c2cccc3[nH]ccc23)nc(Nc2cccnc2)n1. The van der Waals surface area contributed by atoms with Crippen LogP contribution in [0, 0.1) is 0 Å². The molecule has 0 saturated heterocycles. The second kappa shape index (κ2) is 6.00. The van der Waals surface area contributed by atoms with Crippen molar-refractivity contribution in [2.45, 2.75) is 0 Å². The minimum atomic E-state index is 0.463. The van der Waals surface area contributed by atoms with Crippen molar-refractivity contribution in [1.82, 2.24) is 19.9 Å². The van der Waals surface area contributed by atoms with Crippen molar-refractivity contribution in [1.29, 1.82) is 0 Å². The van der Waals surface area contributed by atoms with E-state index >= 15 is 0 Å². The Kier molecular flexibility index (Phi) is 3.55. The number of methoxy groups -OCH3 is 1. The van der Waals surface area contributed by atoms with Gasteiger partial charge in [-0.05, 0) is 24.3 Å². The van der Waals surface area contributed by atoms with Gasteiger partial charge in [0.2, 0.25) is 11.8 Å². The first-order valence-electron chi connectivity index (χ1n) is 7.50. The highest BCUT2D eigenvalue weighted by atomic mass is 16.5. The van der Waals surface area contributed by atoms with Gasteiger partial charge in [-0.1, -0.05) is 12.1 Å². The number of fused-ring (bicyclic) bond motifs is 1. The molecule has 3 heterocycles. The number of aromatic nitrogens is 4. The van der Waals surface area contributed by atoms with Gasteiger partial charge in [0.15, 0.2) is 0 Å². The number of hydrogen-bond acceptors (Lipinski definition) is 5. The quantitative estimate of drug-likeness (QED) is 0.599. The standard InChI is InChI=1S/C18H15N5O/c1-24-17-10-16(13-5-2-6-15-14(13)7-9-20-15)22-18(23-17)21-12-4-3-8-19-11-12/h2-11,20H,1H3,(H,21,22,23). The summed E-state index contributed by atoms with van der Waals surface area (Å²) in [6, 6.07) is 13.7. The van der Waals surface area contributed by atoms with E-state index in [1.165, 1.54) is 0 Å². The van der Waals surface area contributed by atoms with Crippen molar-refractivity contribution in [2.24, 2.45) is 0 Å². The van der Waals surface area contributed by atoms with Gasteiger partial charge in [-0.25, -0.2) is 4.98 Å². The molecule has 118 valence electrons. The van der Waals surface area contributed by atoms with Crippen LogP contribution in [0.4, 0.5) is 11.6 Å². The predicted octanol–water partition coefficient (Wildman–Crippen LogP) is 3.77. The molecule has 1 aromatic carbocycles. The van der Waals surface area contributed by atoms with E-state index in [0.717, 1.165) is 27.8 Å². The van der Waals surface area contributed by atoms with E-state index in [1.54, 1.807) is 19.5 Å². The number of pyridine rings is 1. The molecule has 3 aromatic heterocycles. The van der Waals surface area contributed by atoms with Crippen LogP contribution in [0.15, 0.2) is 61.1 Å². The molecule has 0 atom stereocenters. The van der Waals surface area contributed by atoms with E-state index in [4.69, 9.17) is 4.74 Å². The third kappa shape index (κ3) is 2.65. The van der Waals surface area contributed by atoms with E-state index < -0.39 is 0 Å². The predicted molar refractivity (Wildman–Crippen MR) is 93.4 cm³/mol. The number of hydrogen-bond donors (Lipinski definition) is 2. The van der Waals surface area contributed by atoms with Crippen molar-refractivity contribution >= 4 is 22.5 Å². The Hall–Kier alpha value is -3.41. The molecule has 6 nitrogen and oxygen atoms in total. The lowest BCUT2D eigenvalue weighted by molar-refractivity contribution is 0.398. The van der Waals surface area contributed by atoms with Crippen LogP contribution in [0.1, 0.15) is 0 Å². The summed E-state index contributed by atoms with van der Waals surface area (Å²) >= 11 is 0. The van der Waals surface area contributed by atoms with Gasteiger partial charge in [-0.15, -0.1) is 0 Å². The van der Waals surface area contributed by atoms with Crippen LogP contribution in [-0.2, 0) is 0 Å². The Morgan fingerprint density at radius 1 is 1.08 bits per heavy atom. The Labute approximate surface area is 138 Å². The molecule has 4 rings (SSSR count). The van der Waals surface area contributed by atoms with Gasteiger partial charge in [0, 0.05) is 34.9 Å². The molecule has 0 bridgehead atoms. The number of benzene rings is 1. The Bertz CT molecular complexity index is 981. The second-order valence-electron chi connectivity index (χ2n) is 5.23. The molecule has 0 unspecified atom stereocenters. The fourth-order valence-electron chi connectivity index (χ4n) is 2.60. The molecule has 6 heteroatoms. The summed E-state index contributed by atoms with van der Waals surface area (Å²) in [6.45, 7) is 0. The first kappa shape index (κ1) is 14.2. The molecule has 0 amide bonds. The maximum Gasteiger partial charge on any atom is 0.231 e. The van der Waals surface area contributed by atoms with Gasteiger partial charge in [0.25, 0.3) is 0 Å². The van der Waals surface area contributed by atoms with Crippen LogP contribution in [0.2, 0.25) is 0 Å². The van der Waals surface area contributed by atoms with Gasteiger partial charge < -0.3 is 15.0 Å². The highest BCUT2D eigenvalue weighted by Crippen LogP contribution is 2.29. The first-order chi connectivity index (χ1) is 11.8. The van der Waals surface area contributed by atoms with Crippen molar-refractivity contribution in [3.63, 3.8) is 0 Å². The second-order valence-corrected chi connectivity index (χ2v) is 5.23. The molecule has 0 aliphatic carbocycles. The van der Waals surface area contributed by atoms with Gasteiger partial charge in [-0.2, -0.15) is 4.98 Å². The Morgan fingerprint density at radius 3 is 2.88 bits per heavy atom. The minimum absolute atomic E-state index is 0.463. The lowest BCUT2D eigenvalue weighted by Crippen LogP contribution is -2.01. The maximum absolute atomic E-state index is 5.33. The molecule has 0 aliphatic heterocycles. The number of H-pyrrole nitrogens is 1. The van der Waals surface area contributed by atoms with Crippen LogP contribution in [0.5, 0.6) is 5.88 Å². The van der Waals surface area contributed by atoms with Crippen LogP contribution in [-0.4, -0.2) is 27.0 Å². The summed E-state index contributed by atoms with van der Waals surface area (Å²) in [5.74, 6) is 0.962. The molecule has 0 fully saturated rings. The summed E-state index contributed by atoms with van der Waals surface area (Å²) in [5, 5.41) is 4.26. The number of rotatable bonds is 4. The molecule has 2 N–H and O–H groups in total. The van der Waals surface area contributed by atoms with Gasteiger partial charge in [0.05, 0.1) is 24.7 Å². The maximum atomic E-state index is 5.33. The number of ether oxygens (including phenoxy) is 1. The van der Waals surface area contributed by atoms with Crippen LogP contribution in [0.25, 0.3) is 22.2 Å². The Morgan fingerprint density at radius 2 is 2.04 bits per heavy atom. The number of nitrogens with one attached hydrogen (secondary N) is 2. The molecule has 24 heavy (non-hydrogen) atoms. The molecule has 0 saturated carbocycles. The third-order valence-corrected chi connectivity index (χ3v) is 3.70. The first-order valence-corrected chi connectivity index (χ1v) is 7.50. The smallest absolute Gasteiger partial charge is 0.231 e. The van der Waals surface area contributed by atoms with E-state index in [9.17, 15) is 0 Å². The lowest BCUT2D eigenvalue weighted by Gasteiger charge is -2.10. The number of anilines is 2. The van der Waals surface area contributed by atoms with Crippen LogP contribution >= 0.6 is 0 Å². The average molecular weight is 317 g/mol. The summed E-state index contributed by atoms with van der Waals surface area (Å²) < 4.78 is 5.33. The van der Waals surface area contributed by atoms with Crippen molar-refractivity contribution in [2.75, 3.05) is 12.4 Å². The van der Waals surface area contributed by atoms with E-state index in [-0.39, 0.29) is 0 Å². The zero-order valence-corrected chi connectivity index (χ0v) is 13.0. The molecular formula is C18H15N5O. The van der Waals surface area contributed by atoms with E-state index in [2.05, 4.69) is 25.3 Å². The topological polar surface area (TPSA) is 75.7 Å². The van der Waals surface area contributed by atoms with Crippen LogP contribution < -0.4 is 10.1 Å². The molecular weight excluding hydrogens is 302 g/mol. The fourth-order valence-corrected chi connectivity index (χ4v) is 2.60. The van der Waals surface area contributed by atoms with Crippen molar-refractivity contribution in [3.05, 3.63) is 61.1 Å². The Balaban J connectivity index is 1.81. The average Bonchev–Trinajstić information content (AvgIpc) is 3.11. The number of aromatic amines is 1. The molecule has 0 radical (unpaired) electrons. The highest BCUT2D eigenvalue weighted by Gasteiger charge is 2.10. The molecule has 4 aromatic rings. The normalized spacial score (nSPS) is 10.7. The van der Waals surface area contributed by atoms with Crippen molar-refractivity contribution < 1.29 is 4.74 Å². The minimum Gasteiger partial charge on any atom is -0.481 e. The lowest BCUT2D eigenvalue weighted by atomic mass is 10.1. The summed E-state index contributed by atoms with van der Waals surface area (Å²) in [7, 11) is 1.59. The summed E-state index contributed by atoms with van der Waals surface area (Å²) in [6.07, 6.45) is 5.35. The summed E-state index contributed by atoms with van der Waals surface area (Å²) in [4.78, 5) is 16.3. The van der Waals surface area contributed by atoms with E-state index in [1.807, 2.05) is 48.7 Å². The summed E-state index contributed by atoms with van der Waals surface area (Å²) in [5.41, 5.74) is 3.69. The molecule has 0 spiro atoms. The van der Waals surface area contributed by atoms with Gasteiger partial charge >= 0.3 is 0 Å². The zero-order valence-electron chi connectivity index (χ0n) is 13.0. The fraction of sp³-hybridized carbons (Fsp3) is 0.0556. The van der Waals surface area contributed by atoms with Crippen LogP contribution in [0.3, 0.4) is 0 Å². The monoisotopic (exact) mass is 317 g/mol. The molecule has 0 aliphatic rings. The van der Waals surface area contributed by atoms with E-state index in [0.29, 0.717) is 11.8 Å². The van der Waals surface area contributed by atoms with Crippen molar-refractivity contribution in [3.8, 4) is 17.1 Å².